The average molecular weight is 207 g/mol. The van der Waals surface area contributed by atoms with E-state index < -0.39 is 4.92 Å². The van der Waals surface area contributed by atoms with Crippen LogP contribution in [0, 0.1) is 10.1 Å². The van der Waals surface area contributed by atoms with Gasteiger partial charge in [0.25, 0.3) is 5.69 Å². The Morgan fingerprint density at radius 3 is 2.87 bits per heavy atom. The lowest BCUT2D eigenvalue weighted by molar-refractivity contribution is -0.383. The highest BCUT2D eigenvalue weighted by Gasteiger charge is 2.09. The number of anilines is 1. The van der Waals surface area contributed by atoms with Crippen molar-refractivity contribution in [3.8, 4) is 0 Å². The van der Waals surface area contributed by atoms with E-state index in [2.05, 4.69) is 5.32 Å². The first-order valence-electron chi connectivity index (χ1n) is 4.50. The third-order valence-corrected chi connectivity index (χ3v) is 1.88. The minimum absolute atomic E-state index is 0.0548. The number of nitrogens with two attached hydrogens (primary N) is 1. The van der Waals surface area contributed by atoms with Crippen LogP contribution in [0.1, 0.15) is 5.56 Å². The summed E-state index contributed by atoms with van der Waals surface area (Å²) in [7, 11) is 1.84. The van der Waals surface area contributed by atoms with Crippen LogP contribution in [0.5, 0.6) is 0 Å². The third kappa shape index (κ3) is 3.07. The summed E-state index contributed by atoms with van der Waals surface area (Å²) in [6.45, 7) is 0.747. The molecule has 5 nitrogen and oxygen atoms in total. The van der Waals surface area contributed by atoms with Crippen LogP contribution in [0.15, 0.2) is 24.3 Å². The second kappa shape index (κ2) is 5.11. The summed E-state index contributed by atoms with van der Waals surface area (Å²) in [6, 6.07) is 4.67. The van der Waals surface area contributed by atoms with Gasteiger partial charge in [0.2, 0.25) is 0 Å². The van der Waals surface area contributed by atoms with E-state index in [-0.39, 0.29) is 11.4 Å². The zero-order chi connectivity index (χ0) is 11.3. The normalized spacial score (nSPS) is 10.7. The van der Waals surface area contributed by atoms with Crippen LogP contribution in [-0.2, 0) is 0 Å². The predicted octanol–water partition coefficient (Wildman–Crippen LogP) is 1.41. The first-order valence-corrected chi connectivity index (χ1v) is 4.50. The van der Waals surface area contributed by atoms with Gasteiger partial charge in [-0.05, 0) is 24.7 Å². The van der Waals surface area contributed by atoms with E-state index in [0.717, 1.165) is 12.1 Å². The molecule has 15 heavy (non-hydrogen) atoms. The molecule has 0 spiro atoms. The molecule has 80 valence electrons. The number of nitrogen functional groups attached to an aromatic ring is 1. The molecule has 5 heteroatoms. The summed E-state index contributed by atoms with van der Waals surface area (Å²) in [5, 5.41) is 13.4. The number of rotatable bonds is 4. The Morgan fingerprint density at radius 2 is 2.33 bits per heavy atom. The molecule has 3 N–H and O–H groups in total. The van der Waals surface area contributed by atoms with Gasteiger partial charge in [-0.1, -0.05) is 12.2 Å². The van der Waals surface area contributed by atoms with Crippen LogP contribution < -0.4 is 11.1 Å². The Morgan fingerprint density at radius 1 is 1.60 bits per heavy atom. The van der Waals surface area contributed by atoms with Gasteiger partial charge in [-0.15, -0.1) is 0 Å². The number of benzene rings is 1. The number of nitrogens with zero attached hydrogens (tertiary/aromatic N) is 1. The first kappa shape index (κ1) is 11.2. The number of hydrogen-bond donors (Lipinski definition) is 2. The lowest BCUT2D eigenvalue weighted by Crippen LogP contribution is -2.03. The summed E-state index contributed by atoms with van der Waals surface area (Å²) in [4.78, 5) is 10.0. The number of nitrogens with one attached hydrogen (secondary N) is 1. The van der Waals surface area contributed by atoms with Gasteiger partial charge in [-0.25, -0.2) is 0 Å². The van der Waals surface area contributed by atoms with Gasteiger partial charge in [0.1, 0.15) is 5.69 Å². The summed E-state index contributed by atoms with van der Waals surface area (Å²) >= 11 is 0. The number of nitro groups is 1. The highest BCUT2D eigenvalue weighted by Crippen LogP contribution is 2.22. The predicted molar refractivity (Wildman–Crippen MR) is 60.5 cm³/mol. The van der Waals surface area contributed by atoms with Crippen LogP contribution >= 0.6 is 0 Å². The molecule has 1 rings (SSSR count). The van der Waals surface area contributed by atoms with Crippen LogP contribution in [0.25, 0.3) is 6.08 Å². The monoisotopic (exact) mass is 207 g/mol. The van der Waals surface area contributed by atoms with Gasteiger partial charge in [-0.2, -0.15) is 0 Å². The van der Waals surface area contributed by atoms with Gasteiger partial charge >= 0.3 is 0 Å². The summed E-state index contributed by atoms with van der Waals surface area (Å²) in [5.74, 6) is 0. The minimum Gasteiger partial charge on any atom is -0.393 e. The van der Waals surface area contributed by atoms with Crippen LogP contribution in [0.2, 0.25) is 0 Å². The molecule has 0 atom stereocenters. The lowest BCUT2D eigenvalue weighted by Gasteiger charge is -1.98. The van der Waals surface area contributed by atoms with E-state index in [4.69, 9.17) is 5.73 Å². The van der Waals surface area contributed by atoms with E-state index in [1.54, 1.807) is 12.1 Å². The second-order valence-corrected chi connectivity index (χ2v) is 3.04. The van der Waals surface area contributed by atoms with E-state index in [1.807, 2.05) is 19.2 Å². The Hall–Kier alpha value is -1.88. The fraction of sp³-hybridized carbons (Fsp3) is 0.200. The highest BCUT2D eigenvalue weighted by molar-refractivity contribution is 5.65. The first-order chi connectivity index (χ1) is 7.15. The quantitative estimate of drug-likeness (QED) is 0.444. The number of nitro benzene ring substituents is 1. The molecule has 0 aliphatic rings. The Bertz CT molecular complexity index is 388. The number of likely N-dealkylation sites (N-methyl/N-ethyl adjacent to an activating group) is 1. The van der Waals surface area contributed by atoms with Crippen molar-refractivity contribution in [1.82, 2.24) is 5.32 Å². The standard InChI is InChI=1S/C10H13N3O2/c1-12-6-2-3-8-4-5-10(13(14)15)9(11)7-8/h2-5,7,12H,6,11H2,1H3. The van der Waals surface area contributed by atoms with Crippen LogP contribution in [-0.4, -0.2) is 18.5 Å². The molecular formula is C10H13N3O2. The SMILES string of the molecule is CNCC=Cc1ccc([N+](=O)[O-])c(N)c1. The highest BCUT2D eigenvalue weighted by atomic mass is 16.6. The average Bonchev–Trinajstić information content (AvgIpc) is 2.17. The number of hydrogen-bond acceptors (Lipinski definition) is 4. The van der Waals surface area contributed by atoms with Crippen molar-refractivity contribution in [3.63, 3.8) is 0 Å². The van der Waals surface area contributed by atoms with Crippen molar-refractivity contribution in [2.45, 2.75) is 0 Å². The van der Waals surface area contributed by atoms with Crippen molar-refractivity contribution in [2.24, 2.45) is 0 Å². The van der Waals surface area contributed by atoms with Gasteiger partial charge in [-0.3, -0.25) is 10.1 Å². The molecule has 0 bridgehead atoms. The maximum atomic E-state index is 10.5. The molecule has 0 radical (unpaired) electrons. The molecule has 1 aromatic rings. The largest absolute Gasteiger partial charge is 0.393 e. The maximum absolute atomic E-state index is 10.5. The smallest absolute Gasteiger partial charge is 0.292 e. The Labute approximate surface area is 87.7 Å². The molecule has 0 aliphatic heterocycles. The molecular weight excluding hydrogens is 194 g/mol. The zero-order valence-electron chi connectivity index (χ0n) is 8.43. The molecule has 0 fully saturated rings. The molecule has 0 unspecified atom stereocenters. The van der Waals surface area contributed by atoms with Gasteiger partial charge < -0.3 is 11.1 Å². The Balaban J connectivity index is 2.87. The van der Waals surface area contributed by atoms with Crippen molar-refractivity contribution >= 4 is 17.5 Å². The maximum Gasteiger partial charge on any atom is 0.292 e. The van der Waals surface area contributed by atoms with Gasteiger partial charge in [0.05, 0.1) is 4.92 Å². The van der Waals surface area contributed by atoms with Crippen molar-refractivity contribution in [3.05, 3.63) is 40.0 Å². The molecule has 0 saturated carbocycles. The van der Waals surface area contributed by atoms with E-state index in [1.165, 1.54) is 6.07 Å². The molecule has 0 aliphatic carbocycles. The van der Waals surface area contributed by atoms with Crippen molar-refractivity contribution in [1.29, 1.82) is 0 Å². The van der Waals surface area contributed by atoms with E-state index in [0.29, 0.717) is 0 Å². The van der Waals surface area contributed by atoms with Gasteiger partial charge in [0.15, 0.2) is 0 Å². The molecule has 0 heterocycles. The second-order valence-electron chi connectivity index (χ2n) is 3.04. The summed E-state index contributed by atoms with van der Waals surface area (Å²) < 4.78 is 0. The minimum atomic E-state index is -0.490. The van der Waals surface area contributed by atoms with Crippen LogP contribution in [0.3, 0.4) is 0 Å². The fourth-order valence-corrected chi connectivity index (χ4v) is 1.16. The van der Waals surface area contributed by atoms with Crippen LogP contribution in [0.4, 0.5) is 11.4 Å². The van der Waals surface area contributed by atoms with Crippen molar-refractivity contribution < 1.29 is 4.92 Å². The molecule has 1 aromatic carbocycles. The van der Waals surface area contributed by atoms with E-state index in [9.17, 15) is 10.1 Å². The Kier molecular flexibility index (Phi) is 3.82. The lowest BCUT2D eigenvalue weighted by atomic mass is 10.1. The van der Waals surface area contributed by atoms with Crippen molar-refractivity contribution in [2.75, 3.05) is 19.3 Å². The molecule has 0 saturated heterocycles. The summed E-state index contributed by atoms with van der Waals surface area (Å²) in [5.41, 5.74) is 6.52. The third-order valence-electron chi connectivity index (χ3n) is 1.88. The molecule has 0 aromatic heterocycles. The zero-order valence-corrected chi connectivity index (χ0v) is 8.43. The topological polar surface area (TPSA) is 81.2 Å². The fourth-order valence-electron chi connectivity index (χ4n) is 1.16. The molecule has 0 amide bonds. The summed E-state index contributed by atoms with van der Waals surface area (Å²) in [6.07, 6.45) is 3.77. The van der Waals surface area contributed by atoms with Gasteiger partial charge in [0, 0.05) is 12.6 Å². The van der Waals surface area contributed by atoms with E-state index >= 15 is 0 Å².